The van der Waals surface area contributed by atoms with Crippen LogP contribution in [0.5, 0.6) is 0 Å². The molecule has 3 aromatic carbocycles. The van der Waals surface area contributed by atoms with Crippen molar-refractivity contribution in [2.24, 2.45) is 0 Å². The average molecular weight is 420 g/mol. The number of rotatable bonds is 6. The van der Waals surface area contributed by atoms with Gasteiger partial charge in [0.15, 0.2) is 0 Å². The third kappa shape index (κ3) is 5.22. The van der Waals surface area contributed by atoms with Gasteiger partial charge in [-0.15, -0.1) is 0 Å². The van der Waals surface area contributed by atoms with Crippen molar-refractivity contribution in [3.05, 3.63) is 89.7 Å². The summed E-state index contributed by atoms with van der Waals surface area (Å²) in [7, 11) is 0. The highest BCUT2D eigenvalue weighted by molar-refractivity contribution is 6.00. The Morgan fingerprint density at radius 1 is 1.00 bits per heavy atom. The van der Waals surface area contributed by atoms with Crippen molar-refractivity contribution in [1.82, 2.24) is 5.32 Å². The van der Waals surface area contributed by atoms with E-state index < -0.39 is 0 Å². The lowest BCUT2D eigenvalue weighted by Gasteiger charge is -2.31. The lowest BCUT2D eigenvalue weighted by molar-refractivity contribution is 0.0951. The molecule has 31 heavy (non-hydrogen) atoms. The van der Waals surface area contributed by atoms with Gasteiger partial charge in [-0.05, 0) is 54.8 Å². The summed E-state index contributed by atoms with van der Waals surface area (Å²) in [5.41, 5.74) is 3.36. The number of hydrogen-bond acceptors (Lipinski definition) is 4. The van der Waals surface area contributed by atoms with E-state index in [4.69, 9.17) is 0 Å². The van der Waals surface area contributed by atoms with E-state index in [0.29, 0.717) is 48.4 Å². The second-order valence-electron chi connectivity index (χ2n) is 7.72. The molecule has 0 saturated carbocycles. The Kier molecular flexibility index (Phi) is 6.48. The van der Waals surface area contributed by atoms with Crippen LogP contribution >= 0.6 is 0 Å². The molecule has 4 rings (SSSR count). The Morgan fingerprint density at radius 3 is 2.45 bits per heavy atom. The zero-order chi connectivity index (χ0) is 21.6. The number of halogens is 1. The molecule has 6 heteroatoms. The Hall–Kier alpha value is -3.38. The van der Waals surface area contributed by atoms with E-state index in [1.807, 2.05) is 59.5 Å². The summed E-state index contributed by atoms with van der Waals surface area (Å²) in [6, 6.07) is 22.0. The van der Waals surface area contributed by atoms with Crippen LogP contribution in [-0.2, 0) is 6.54 Å². The molecule has 0 aliphatic carbocycles. The molecule has 1 fully saturated rings. The van der Waals surface area contributed by atoms with Crippen molar-refractivity contribution in [2.75, 3.05) is 23.3 Å². The van der Waals surface area contributed by atoms with Crippen molar-refractivity contribution in [3.8, 4) is 0 Å². The normalized spacial score (nSPS) is 14.3. The quantitative estimate of drug-likeness (QED) is 0.552. The van der Waals surface area contributed by atoms with Gasteiger partial charge < -0.3 is 20.6 Å². The predicted molar refractivity (Wildman–Crippen MR) is 121 cm³/mol. The topological polar surface area (TPSA) is 64.6 Å². The molecule has 3 N–H and O–H groups in total. The molecule has 0 atom stereocenters. The van der Waals surface area contributed by atoms with Crippen LogP contribution in [0.4, 0.5) is 21.5 Å². The number of para-hydroxylation sites is 2. The minimum Gasteiger partial charge on any atom is -0.393 e. The molecular weight excluding hydrogens is 393 g/mol. The number of piperidine rings is 1. The second-order valence-corrected chi connectivity index (χ2v) is 7.72. The van der Waals surface area contributed by atoms with Crippen LogP contribution in [0, 0.1) is 5.82 Å². The maximum Gasteiger partial charge on any atom is 0.253 e. The van der Waals surface area contributed by atoms with Crippen LogP contribution in [0.3, 0.4) is 0 Å². The number of aliphatic hydroxyl groups is 1. The van der Waals surface area contributed by atoms with Crippen molar-refractivity contribution in [2.45, 2.75) is 25.5 Å². The van der Waals surface area contributed by atoms with Gasteiger partial charge in [0.1, 0.15) is 5.82 Å². The predicted octanol–water partition coefficient (Wildman–Crippen LogP) is 4.46. The molecule has 0 aromatic heterocycles. The maximum atomic E-state index is 14.7. The first-order valence-electron chi connectivity index (χ1n) is 10.5. The molecule has 160 valence electrons. The molecule has 1 saturated heterocycles. The summed E-state index contributed by atoms with van der Waals surface area (Å²) >= 11 is 0. The fourth-order valence-electron chi connectivity index (χ4n) is 3.77. The van der Waals surface area contributed by atoms with Crippen LogP contribution in [0.25, 0.3) is 0 Å². The van der Waals surface area contributed by atoms with E-state index >= 15 is 0 Å². The molecule has 1 aliphatic heterocycles. The zero-order valence-electron chi connectivity index (χ0n) is 17.2. The Bertz CT molecular complexity index is 1030. The molecular formula is C25H26FN3O2. The number of benzene rings is 3. The van der Waals surface area contributed by atoms with Gasteiger partial charge in [-0.2, -0.15) is 0 Å². The summed E-state index contributed by atoms with van der Waals surface area (Å²) in [6.45, 7) is 1.51. The third-order valence-electron chi connectivity index (χ3n) is 5.49. The standard InChI is InChI=1S/C25H26FN3O2/c26-22-16-18(10-11-24(22)29-14-12-20(30)13-15-29)17-27-25(31)21-8-4-5-9-23(21)28-19-6-2-1-3-7-19/h1-11,16,20,28,30H,12-15,17H2,(H,27,31). The number of aliphatic hydroxyl groups excluding tert-OH is 1. The summed E-state index contributed by atoms with van der Waals surface area (Å²) < 4.78 is 14.7. The van der Waals surface area contributed by atoms with Gasteiger partial charge in [-0.1, -0.05) is 36.4 Å². The number of amides is 1. The Morgan fingerprint density at radius 2 is 1.71 bits per heavy atom. The van der Waals surface area contributed by atoms with E-state index in [1.165, 1.54) is 6.07 Å². The highest BCUT2D eigenvalue weighted by Crippen LogP contribution is 2.25. The summed E-state index contributed by atoms with van der Waals surface area (Å²) in [5, 5.41) is 15.8. The molecule has 1 heterocycles. The molecule has 1 amide bonds. The highest BCUT2D eigenvalue weighted by Gasteiger charge is 2.20. The van der Waals surface area contributed by atoms with Gasteiger partial charge in [0.25, 0.3) is 5.91 Å². The monoisotopic (exact) mass is 419 g/mol. The minimum absolute atomic E-state index is 0.228. The zero-order valence-corrected chi connectivity index (χ0v) is 17.2. The smallest absolute Gasteiger partial charge is 0.253 e. The van der Waals surface area contributed by atoms with E-state index in [1.54, 1.807) is 12.1 Å². The first-order valence-corrected chi connectivity index (χ1v) is 10.5. The van der Waals surface area contributed by atoms with Crippen molar-refractivity contribution in [1.29, 1.82) is 0 Å². The fourth-order valence-corrected chi connectivity index (χ4v) is 3.77. The number of anilines is 3. The lowest BCUT2D eigenvalue weighted by Crippen LogP contribution is -2.36. The molecule has 3 aromatic rings. The number of carbonyl (C=O) groups is 1. The SMILES string of the molecule is O=C(NCc1ccc(N2CCC(O)CC2)c(F)c1)c1ccccc1Nc1ccccc1. The van der Waals surface area contributed by atoms with Crippen LogP contribution in [0.1, 0.15) is 28.8 Å². The highest BCUT2D eigenvalue weighted by atomic mass is 19.1. The van der Waals surface area contributed by atoms with Crippen LogP contribution in [0.2, 0.25) is 0 Å². The van der Waals surface area contributed by atoms with Crippen molar-refractivity contribution >= 4 is 23.0 Å². The fraction of sp³-hybridized carbons (Fsp3) is 0.240. The first kappa shape index (κ1) is 20.9. The summed E-state index contributed by atoms with van der Waals surface area (Å²) in [5.74, 6) is -0.539. The van der Waals surface area contributed by atoms with Crippen LogP contribution in [0.15, 0.2) is 72.8 Å². The number of hydrogen-bond donors (Lipinski definition) is 3. The third-order valence-corrected chi connectivity index (χ3v) is 5.49. The minimum atomic E-state index is -0.311. The molecule has 0 unspecified atom stereocenters. The van der Waals surface area contributed by atoms with E-state index in [-0.39, 0.29) is 24.4 Å². The van der Waals surface area contributed by atoms with Crippen LogP contribution < -0.4 is 15.5 Å². The van der Waals surface area contributed by atoms with Gasteiger partial charge in [0, 0.05) is 25.3 Å². The molecule has 0 bridgehead atoms. The summed E-state index contributed by atoms with van der Waals surface area (Å²) in [4.78, 5) is 14.7. The van der Waals surface area contributed by atoms with E-state index in [9.17, 15) is 14.3 Å². The lowest BCUT2D eigenvalue weighted by atomic mass is 10.1. The number of carbonyl (C=O) groups excluding carboxylic acids is 1. The van der Waals surface area contributed by atoms with Crippen molar-refractivity contribution in [3.63, 3.8) is 0 Å². The van der Waals surface area contributed by atoms with Gasteiger partial charge in [0.2, 0.25) is 0 Å². The maximum absolute atomic E-state index is 14.7. The number of nitrogens with zero attached hydrogens (tertiary/aromatic N) is 1. The van der Waals surface area contributed by atoms with Gasteiger partial charge in [-0.25, -0.2) is 4.39 Å². The summed E-state index contributed by atoms with van der Waals surface area (Å²) in [6.07, 6.45) is 0.995. The molecule has 0 radical (unpaired) electrons. The molecule has 0 spiro atoms. The van der Waals surface area contributed by atoms with E-state index in [0.717, 1.165) is 5.69 Å². The van der Waals surface area contributed by atoms with Gasteiger partial charge in [0.05, 0.1) is 23.0 Å². The Balaban J connectivity index is 1.41. The van der Waals surface area contributed by atoms with Crippen LogP contribution in [-0.4, -0.2) is 30.2 Å². The Labute approximate surface area is 181 Å². The second kappa shape index (κ2) is 9.62. The van der Waals surface area contributed by atoms with Crippen molar-refractivity contribution < 1.29 is 14.3 Å². The first-order chi connectivity index (χ1) is 15.1. The largest absolute Gasteiger partial charge is 0.393 e. The number of nitrogens with one attached hydrogen (secondary N) is 2. The van der Waals surface area contributed by atoms with Gasteiger partial charge in [-0.3, -0.25) is 4.79 Å². The average Bonchev–Trinajstić information content (AvgIpc) is 2.79. The van der Waals surface area contributed by atoms with Gasteiger partial charge >= 0.3 is 0 Å². The molecule has 5 nitrogen and oxygen atoms in total. The molecule has 1 aliphatic rings. The van der Waals surface area contributed by atoms with E-state index in [2.05, 4.69) is 10.6 Å².